The number of esters is 1. The summed E-state index contributed by atoms with van der Waals surface area (Å²) in [5.41, 5.74) is 0. The number of ether oxygens (including phenoxy) is 4. The maximum Gasteiger partial charge on any atom is 0.310 e. The highest BCUT2D eigenvalue weighted by Crippen LogP contribution is 2.22. The molecule has 5 heteroatoms. The van der Waals surface area contributed by atoms with Crippen LogP contribution < -0.4 is 0 Å². The van der Waals surface area contributed by atoms with Gasteiger partial charge in [0.25, 0.3) is 0 Å². The van der Waals surface area contributed by atoms with E-state index in [0.29, 0.717) is 19.8 Å². The molecule has 1 saturated heterocycles. The van der Waals surface area contributed by atoms with Crippen LogP contribution in [0.5, 0.6) is 0 Å². The first kappa shape index (κ1) is 13.4. The van der Waals surface area contributed by atoms with Gasteiger partial charge in [0.1, 0.15) is 6.10 Å². The maximum absolute atomic E-state index is 11.1. The van der Waals surface area contributed by atoms with E-state index in [0.717, 1.165) is 0 Å². The highest BCUT2D eigenvalue weighted by molar-refractivity contribution is 5.71. The van der Waals surface area contributed by atoms with Gasteiger partial charge in [-0.3, -0.25) is 4.79 Å². The maximum atomic E-state index is 11.1. The normalized spacial score (nSPS) is 25.4. The van der Waals surface area contributed by atoms with E-state index in [9.17, 15) is 4.79 Å². The van der Waals surface area contributed by atoms with E-state index in [4.69, 9.17) is 14.2 Å². The standard InChI is InChI=1S/C11H20O5/c1-8(10(12)13-4)5-14-6-9-7-15-11(2,3)16-9/h8-9H,5-7H2,1-4H3/t8-,9-/m0/s1. The van der Waals surface area contributed by atoms with Gasteiger partial charge in [-0.2, -0.15) is 0 Å². The Morgan fingerprint density at radius 2 is 2.25 bits per heavy atom. The Morgan fingerprint density at radius 3 is 2.75 bits per heavy atom. The van der Waals surface area contributed by atoms with E-state index in [1.165, 1.54) is 7.11 Å². The Labute approximate surface area is 96.0 Å². The van der Waals surface area contributed by atoms with Crippen molar-refractivity contribution in [1.29, 1.82) is 0 Å². The number of carbonyl (C=O) groups is 1. The lowest BCUT2D eigenvalue weighted by Gasteiger charge is -2.17. The zero-order valence-electron chi connectivity index (χ0n) is 10.3. The van der Waals surface area contributed by atoms with Gasteiger partial charge in [0.2, 0.25) is 0 Å². The molecule has 0 saturated carbocycles. The molecule has 1 fully saturated rings. The van der Waals surface area contributed by atoms with Crippen LogP contribution in [0, 0.1) is 5.92 Å². The van der Waals surface area contributed by atoms with Crippen molar-refractivity contribution in [2.75, 3.05) is 26.9 Å². The molecule has 0 aromatic rings. The van der Waals surface area contributed by atoms with Gasteiger partial charge in [-0.25, -0.2) is 0 Å². The largest absolute Gasteiger partial charge is 0.469 e. The molecule has 0 radical (unpaired) electrons. The summed E-state index contributed by atoms with van der Waals surface area (Å²) >= 11 is 0. The lowest BCUT2D eigenvalue weighted by atomic mass is 10.2. The van der Waals surface area contributed by atoms with Crippen LogP contribution in [0.15, 0.2) is 0 Å². The summed E-state index contributed by atoms with van der Waals surface area (Å²) in [6, 6.07) is 0. The first-order valence-corrected chi connectivity index (χ1v) is 5.42. The summed E-state index contributed by atoms with van der Waals surface area (Å²) in [5, 5.41) is 0. The molecule has 0 aromatic carbocycles. The fourth-order valence-electron chi connectivity index (χ4n) is 1.49. The molecule has 94 valence electrons. The van der Waals surface area contributed by atoms with E-state index in [2.05, 4.69) is 4.74 Å². The van der Waals surface area contributed by atoms with Gasteiger partial charge in [-0.05, 0) is 20.8 Å². The lowest BCUT2D eigenvalue weighted by Crippen LogP contribution is -2.26. The Morgan fingerprint density at radius 1 is 1.56 bits per heavy atom. The van der Waals surface area contributed by atoms with Crippen LogP contribution in [0.4, 0.5) is 0 Å². The van der Waals surface area contributed by atoms with E-state index in [-0.39, 0.29) is 18.0 Å². The molecule has 2 atom stereocenters. The van der Waals surface area contributed by atoms with Crippen molar-refractivity contribution in [3.8, 4) is 0 Å². The third kappa shape index (κ3) is 4.08. The van der Waals surface area contributed by atoms with Crippen molar-refractivity contribution < 1.29 is 23.7 Å². The smallest absolute Gasteiger partial charge is 0.310 e. The van der Waals surface area contributed by atoms with Crippen LogP contribution in [0.1, 0.15) is 20.8 Å². The Kier molecular flexibility index (Phi) is 4.70. The van der Waals surface area contributed by atoms with Gasteiger partial charge in [-0.1, -0.05) is 0 Å². The van der Waals surface area contributed by atoms with Gasteiger partial charge < -0.3 is 18.9 Å². The fourth-order valence-corrected chi connectivity index (χ4v) is 1.49. The molecule has 1 heterocycles. The van der Waals surface area contributed by atoms with Crippen LogP contribution in [0.25, 0.3) is 0 Å². The predicted octanol–water partition coefficient (Wildman–Crippen LogP) is 0.964. The molecular formula is C11H20O5. The first-order chi connectivity index (χ1) is 7.44. The van der Waals surface area contributed by atoms with Crippen molar-refractivity contribution in [1.82, 2.24) is 0 Å². The van der Waals surface area contributed by atoms with Crippen LogP contribution in [0.3, 0.4) is 0 Å². The number of rotatable bonds is 5. The minimum absolute atomic E-state index is 0.0557. The highest BCUT2D eigenvalue weighted by atomic mass is 16.7. The second kappa shape index (κ2) is 5.61. The van der Waals surface area contributed by atoms with E-state index < -0.39 is 5.79 Å². The number of methoxy groups -OCH3 is 1. The Balaban J connectivity index is 2.15. The third-order valence-electron chi connectivity index (χ3n) is 2.34. The average Bonchev–Trinajstić information content (AvgIpc) is 2.57. The number of carbonyl (C=O) groups excluding carboxylic acids is 1. The molecule has 0 N–H and O–H groups in total. The molecule has 0 amide bonds. The molecule has 0 unspecified atom stereocenters. The summed E-state index contributed by atoms with van der Waals surface area (Å²) < 4.78 is 20.9. The second-order valence-electron chi connectivity index (χ2n) is 4.41. The van der Waals surface area contributed by atoms with Crippen molar-refractivity contribution in [3.05, 3.63) is 0 Å². The van der Waals surface area contributed by atoms with Crippen LogP contribution in [-0.4, -0.2) is 44.8 Å². The molecule has 5 nitrogen and oxygen atoms in total. The van der Waals surface area contributed by atoms with Crippen LogP contribution in [-0.2, 0) is 23.7 Å². The van der Waals surface area contributed by atoms with Crippen molar-refractivity contribution in [2.45, 2.75) is 32.7 Å². The van der Waals surface area contributed by atoms with E-state index in [1.54, 1.807) is 6.92 Å². The summed E-state index contributed by atoms with van der Waals surface area (Å²) in [5.74, 6) is -1.04. The van der Waals surface area contributed by atoms with Crippen LogP contribution in [0.2, 0.25) is 0 Å². The van der Waals surface area contributed by atoms with Crippen LogP contribution >= 0.6 is 0 Å². The molecule has 1 aliphatic rings. The Hall–Kier alpha value is -0.650. The number of hydrogen-bond acceptors (Lipinski definition) is 5. The van der Waals surface area contributed by atoms with Crippen molar-refractivity contribution >= 4 is 5.97 Å². The van der Waals surface area contributed by atoms with Gasteiger partial charge in [0.15, 0.2) is 5.79 Å². The number of hydrogen-bond donors (Lipinski definition) is 0. The summed E-state index contributed by atoms with van der Waals surface area (Å²) in [6.07, 6.45) is -0.0557. The SMILES string of the molecule is COC(=O)[C@@H](C)COC[C@H]1COC(C)(C)O1. The molecule has 1 rings (SSSR count). The molecule has 0 aromatic heterocycles. The highest BCUT2D eigenvalue weighted by Gasteiger charge is 2.32. The molecular weight excluding hydrogens is 212 g/mol. The minimum atomic E-state index is -0.526. The van der Waals surface area contributed by atoms with Gasteiger partial charge in [0, 0.05) is 0 Å². The molecule has 16 heavy (non-hydrogen) atoms. The molecule has 1 aliphatic heterocycles. The lowest BCUT2D eigenvalue weighted by molar-refractivity contribution is -0.152. The summed E-state index contributed by atoms with van der Waals surface area (Å²) in [6.45, 7) is 6.80. The zero-order chi connectivity index (χ0) is 12.2. The summed E-state index contributed by atoms with van der Waals surface area (Å²) in [7, 11) is 1.37. The van der Waals surface area contributed by atoms with E-state index in [1.807, 2.05) is 13.8 Å². The summed E-state index contributed by atoms with van der Waals surface area (Å²) in [4.78, 5) is 11.1. The second-order valence-corrected chi connectivity index (χ2v) is 4.41. The van der Waals surface area contributed by atoms with Gasteiger partial charge in [0.05, 0.1) is 32.8 Å². The monoisotopic (exact) mass is 232 g/mol. The van der Waals surface area contributed by atoms with E-state index >= 15 is 0 Å². The first-order valence-electron chi connectivity index (χ1n) is 5.42. The molecule has 0 spiro atoms. The molecule has 0 aliphatic carbocycles. The topological polar surface area (TPSA) is 54.0 Å². The predicted molar refractivity (Wildman–Crippen MR) is 56.9 cm³/mol. The minimum Gasteiger partial charge on any atom is -0.469 e. The Bertz CT molecular complexity index is 239. The van der Waals surface area contributed by atoms with Crippen molar-refractivity contribution in [2.24, 2.45) is 5.92 Å². The zero-order valence-corrected chi connectivity index (χ0v) is 10.3. The fraction of sp³-hybridized carbons (Fsp3) is 0.909. The van der Waals surface area contributed by atoms with Gasteiger partial charge in [-0.15, -0.1) is 0 Å². The van der Waals surface area contributed by atoms with Crippen molar-refractivity contribution in [3.63, 3.8) is 0 Å². The third-order valence-corrected chi connectivity index (χ3v) is 2.34. The average molecular weight is 232 g/mol. The van der Waals surface area contributed by atoms with Gasteiger partial charge >= 0.3 is 5.97 Å². The molecule has 0 bridgehead atoms. The quantitative estimate of drug-likeness (QED) is 0.661.